The molecule has 1 aliphatic heterocycles. The van der Waals surface area contributed by atoms with Crippen LogP contribution in [0.4, 0.5) is 4.79 Å². The second-order valence-corrected chi connectivity index (χ2v) is 5.73. The SMILES string of the molecule is CCN(CC)C(=O)N1CCOC(c2cccc(Br)c2)C1. The molecule has 5 heteroatoms. The first-order chi connectivity index (χ1) is 9.65. The molecule has 0 spiro atoms. The predicted octanol–water partition coefficient (Wildman–Crippen LogP) is 3.28. The lowest BCUT2D eigenvalue weighted by Gasteiger charge is -2.36. The fourth-order valence-electron chi connectivity index (χ4n) is 2.43. The lowest BCUT2D eigenvalue weighted by atomic mass is 10.1. The number of benzene rings is 1. The van der Waals surface area contributed by atoms with Crippen molar-refractivity contribution in [2.75, 3.05) is 32.8 Å². The van der Waals surface area contributed by atoms with E-state index < -0.39 is 0 Å². The van der Waals surface area contributed by atoms with Crippen molar-refractivity contribution in [3.05, 3.63) is 34.3 Å². The molecule has 1 saturated heterocycles. The molecule has 0 N–H and O–H groups in total. The number of urea groups is 1. The highest BCUT2D eigenvalue weighted by Crippen LogP contribution is 2.25. The fourth-order valence-corrected chi connectivity index (χ4v) is 2.84. The number of morpholine rings is 1. The molecule has 1 fully saturated rings. The summed E-state index contributed by atoms with van der Waals surface area (Å²) < 4.78 is 6.85. The van der Waals surface area contributed by atoms with Crippen molar-refractivity contribution in [3.8, 4) is 0 Å². The minimum atomic E-state index is -0.0410. The third kappa shape index (κ3) is 3.52. The van der Waals surface area contributed by atoms with Crippen molar-refractivity contribution in [2.45, 2.75) is 20.0 Å². The standard InChI is InChI=1S/C15H21BrN2O2/c1-3-17(4-2)15(19)18-8-9-20-14(11-18)12-6-5-7-13(16)10-12/h5-7,10,14H,3-4,8-9,11H2,1-2H3. The second-order valence-electron chi connectivity index (χ2n) is 4.82. The quantitative estimate of drug-likeness (QED) is 0.845. The van der Waals surface area contributed by atoms with Gasteiger partial charge >= 0.3 is 6.03 Å². The van der Waals surface area contributed by atoms with Gasteiger partial charge in [0.2, 0.25) is 0 Å². The number of nitrogens with zero attached hydrogens (tertiary/aromatic N) is 2. The Morgan fingerprint density at radius 3 is 2.85 bits per heavy atom. The highest BCUT2D eigenvalue weighted by atomic mass is 79.9. The second kappa shape index (κ2) is 7.09. The highest BCUT2D eigenvalue weighted by Gasteiger charge is 2.27. The minimum absolute atomic E-state index is 0.0410. The van der Waals surface area contributed by atoms with E-state index in [9.17, 15) is 4.79 Å². The summed E-state index contributed by atoms with van der Waals surface area (Å²) in [6.45, 7) is 7.37. The minimum Gasteiger partial charge on any atom is -0.370 e. The normalized spacial score (nSPS) is 18.9. The molecule has 1 heterocycles. The van der Waals surface area contributed by atoms with E-state index in [1.807, 2.05) is 41.8 Å². The van der Waals surface area contributed by atoms with Crippen LogP contribution >= 0.6 is 15.9 Å². The number of carbonyl (C=O) groups excluding carboxylic acids is 1. The fraction of sp³-hybridized carbons (Fsp3) is 0.533. The Morgan fingerprint density at radius 2 is 2.20 bits per heavy atom. The average molecular weight is 341 g/mol. The van der Waals surface area contributed by atoms with Gasteiger partial charge in [0.25, 0.3) is 0 Å². The molecule has 1 aliphatic rings. The van der Waals surface area contributed by atoms with E-state index in [4.69, 9.17) is 4.74 Å². The molecule has 0 saturated carbocycles. The van der Waals surface area contributed by atoms with Gasteiger partial charge in [0.15, 0.2) is 0 Å². The third-order valence-electron chi connectivity index (χ3n) is 3.59. The molecular formula is C15H21BrN2O2. The molecule has 2 rings (SSSR count). The van der Waals surface area contributed by atoms with Crippen molar-refractivity contribution < 1.29 is 9.53 Å². The Balaban J connectivity index is 2.07. The van der Waals surface area contributed by atoms with Crippen molar-refractivity contribution in [3.63, 3.8) is 0 Å². The monoisotopic (exact) mass is 340 g/mol. The molecule has 0 aromatic heterocycles. The Hall–Kier alpha value is -1.07. The lowest BCUT2D eigenvalue weighted by molar-refractivity contribution is -0.0202. The summed E-state index contributed by atoms with van der Waals surface area (Å²) in [6, 6.07) is 8.19. The molecule has 4 nitrogen and oxygen atoms in total. The summed E-state index contributed by atoms with van der Waals surface area (Å²) in [5, 5.41) is 0. The Morgan fingerprint density at radius 1 is 1.45 bits per heavy atom. The van der Waals surface area contributed by atoms with E-state index in [-0.39, 0.29) is 12.1 Å². The van der Waals surface area contributed by atoms with Crippen molar-refractivity contribution in [2.24, 2.45) is 0 Å². The summed E-state index contributed by atoms with van der Waals surface area (Å²) in [6.07, 6.45) is -0.0410. The van der Waals surface area contributed by atoms with Crippen molar-refractivity contribution in [1.82, 2.24) is 9.80 Å². The first-order valence-electron chi connectivity index (χ1n) is 7.06. The van der Waals surface area contributed by atoms with Crippen LogP contribution in [0.3, 0.4) is 0 Å². The van der Waals surface area contributed by atoms with Crippen LogP contribution in [-0.2, 0) is 4.74 Å². The van der Waals surface area contributed by atoms with Crippen molar-refractivity contribution in [1.29, 1.82) is 0 Å². The zero-order valence-electron chi connectivity index (χ0n) is 12.0. The van der Waals surface area contributed by atoms with Gasteiger partial charge < -0.3 is 14.5 Å². The Bertz CT molecular complexity index is 463. The van der Waals surface area contributed by atoms with Gasteiger partial charge in [-0.2, -0.15) is 0 Å². The molecular weight excluding hydrogens is 320 g/mol. The predicted molar refractivity (Wildman–Crippen MR) is 82.7 cm³/mol. The maximum absolute atomic E-state index is 12.4. The number of hydrogen-bond acceptors (Lipinski definition) is 2. The number of carbonyl (C=O) groups is 1. The van der Waals surface area contributed by atoms with Crippen LogP contribution in [0.1, 0.15) is 25.5 Å². The Kier molecular flexibility index (Phi) is 5.43. The molecule has 0 bridgehead atoms. The molecule has 110 valence electrons. The van der Waals surface area contributed by atoms with E-state index in [1.165, 1.54) is 0 Å². The summed E-state index contributed by atoms with van der Waals surface area (Å²) in [5.74, 6) is 0. The van der Waals surface area contributed by atoms with Crippen LogP contribution in [0.5, 0.6) is 0 Å². The molecule has 2 amide bonds. The maximum atomic E-state index is 12.4. The number of rotatable bonds is 3. The number of ether oxygens (including phenoxy) is 1. The van der Waals surface area contributed by atoms with Gasteiger partial charge in [-0.05, 0) is 31.5 Å². The first-order valence-corrected chi connectivity index (χ1v) is 7.86. The van der Waals surface area contributed by atoms with Gasteiger partial charge in [0, 0.05) is 24.1 Å². The van der Waals surface area contributed by atoms with E-state index in [0.29, 0.717) is 19.7 Å². The lowest BCUT2D eigenvalue weighted by Crippen LogP contribution is -2.48. The van der Waals surface area contributed by atoms with Crippen LogP contribution in [0.2, 0.25) is 0 Å². The maximum Gasteiger partial charge on any atom is 0.320 e. The summed E-state index contributed by atoms with van der Waals surface area (Å²) in [5.41, 5.74) is 1.11. The van der Waals surface area contributed by atoms with Crippen LogP contribution in [-0.4, -0.2) is 48.6 Å². The highest BCUT2D eigenvalue weighted by molar-refractivity contribution is 9.10. The molecule has 20 heavy (non-hydrogen) atoms. The molecule has 0 radical (unpaired) electrons. The number of amides is 2. The smallest absolute Gasteiger partial charge is 0.320 e. The molecule has 0 aliphatic carbocycles. The van der Waals surface area contributed by atoms with E-state index >= 15 is 0 Å². The van der Waals surface area contributed by atoms with Crippen LogP contribution in [0.25, 0.3) is 0 Å². The zero-order valence-corrected chi connectivity index (χ0v) is 13.6. The molecule has 1 atom stereocenters. The van der Waals surface area contributed by atoms with Gasteiger partial charge in [-0.1, -0.05) is 28.1 Å². The summed E-state index contributed by atoms with van der Waals surface area (Å²) in [7, 11) is 0. The molecule has 1 unspecified atom stereocenters. The molecule has 1 aromatic rings. The molecule has 1 aromatic carbocycles. The zero-order chi connectivity index (χ0) is 14.5. The van der Waals surface area contributed by atoms with Crippen LogP contribution in [0.15, 0.2) is 28.7 Å². The van der Waals surface area contributed by atoms with Gasteiger partial charge in [-0.3, -0.25) is 0 Å². The summed E-state index contributed by atoms with van der Waals surface area (Å²) in [4.78, 5) is 16.1. The number of hydrogen-bond donors (Lipinski definition) is 0. The average Bonchev–Trinajstić information content (AvgIpc) is 2.48. The third-order valence-corrected chi connectivity index (χ3v) is 4.08. The van der Waals surface area contributed by atoms with E-state index in [0.717, 1.165) is 23.1 Å². The summed E-state index contributed by atoms with van der Waals surface area (Å²) >= 11 is 3.47. The van der Waals surface area contributed by atoms with Gasteiger partial charge in [-0.15, -0.1) is 0 Å². The topological polar surface area (TPSA) is 32.8 Å². The largest absolute Gasteiger partial charge is 0.370 e. The van der Waals surface area contributed by atoms with E-state index in [1.54, 1.807) is 0 Å². The number of halogens is 1. The Labute approximate surface area is 128 Å². The van der Waals surface area contributed by atoms with Crippen LogP contribution in [0, 0.1) is 0 Å². The van der Waals surface area contributed by atoms with E-state index in [2.05, 4.69) is 22.0 Å². The first kappa shape index (κ1) is 15.3. The van der Waals surface area contributed by atoms with Crippen molar-refractivity contribution >= 4 is 22.0 Å². The van der Waals surface area contributed by atoms with Crippen LogP contribution < -0.4 is 0 Å². The van der Waals surface area contributed by atoms with Gasteiger partial charge in [0.05, 0.1) is 13.2 Å². The van der Waals surface area contributed by atoms with Gasteiger partial charge in [0.1, 0.15) is 6.10 Å². The van der Waals surface area contributed by atoms with Gasteiger partial charge in [-0.25, -0.2) is 4.79 Å².